The molecule has 0 aliphatic rings. The Morgan fingerprint density at radius 2 is 1.88 bits per heavy atom. The average molecular weight is 227 g/mol. The predicted octanol–water partition coefficient (Wildman–Crippen LogP) is 1.17. The zero-order valence-electron chi connectivity index (χ0n) is 9.20. The van der Waals surface area contributed by atoms with Crippen LogP contribution in [0.2, 0.25) is 0 Å². The van der Waals surface area contributed by atoms with Crippen LogP contribution in [0.4, 0.5) is 4.39 Å². The van der Waals surface area contributed by atoms with Crippen LogP contribution in [0.15, 0.2) is 24.3 Å². The van der Waals surface area contributed by atoms with E-state index in [0.29, 0.717) is 5.56 Å². The third-order valence-corrected chi connectivity index (χ3v) is 2.06. The maximum Gasteiger partial charge on any atom is 0.251 e. The highest BCUT2D eigenvalue weighted by Gasteiger charge is 2.09. The molecule has 0 aromatic heterocycles. The van der Waals surface area contributed by atoms with Gasteiger partial charge in [0.2, 0.25) is 0 Å². The number of methoxy groups -OCH3 is 2. The fourth-order valence-corrected chi connectivity index (χ4v) is 1.14. The number of nitrogens with one attached hydrogen (secondary N) is 1. The van der Waals surface area contributed by atoms with Crippen molar-refractivity contribution in [3.05, 3.63) is 35.6 Å². The number of hydrogen-bond acceptors (Lipinski definition) is 3. The van der Waals surface area contributed by atoms with Crippen LogP contribution in [0.5, 0.6) is 0 Å². The summed E-state index contributed by atoms with van der Waals surface area (Å²) >= 11 is 0. The second-order valence-corrected chi connectivity index (χ2v) is 3.12. The maximum absolute atomic E-state index is 12.6. The summed E-state index contributed by atoms with van der Waals surface area (Å²) in [5.41, 5.74) is 0.396. The van der Waals surface area contributed by atoms with Crippen molar-refractivity contribution in [3.8, 4) is 0 Å². The Morgan fingerprint density at radius 1 is 1.31 bits per heavy atom. The molecule has 16 heavy (non-hydrogen) atoms. The maximum atomic E-state index is 12.6. The molecule has 0 unspecified atom stereocenters. The first-order valence-electron chi connectivity index (χ1n) is 4.76. The molecule has 0 atom stereocenters. The molecule has 0 saturated heterocycles. The Morgan fingerprint density at radius 3 is 2.38 bits per heavy atom. The van der Waals surface area contributed by atoms with Gasteiger partial charge in [-0.3, -0.25) is 4.79 Å². The van der Waals surface area contributed by atoms with Gasteiger partial charge in [0, 0.05) is 19.8 Å². The number of ether oxygens (including phenoxy) is 2. The highest BCUT2D eigenvalue weighted by molar-refractivity contribution is 5.94. The van der Waals surface area contributed by atoms with Gasteiger partial charge in [-0.2, -0.15) is 0 Å². The highest BCUT2D eigenvalue weighted by Crippen LogP contribution is 2.02. The Kier molecular flexibility index (Phi) is 4.88. The first-order valence-corrected chi connectivity index (χ1v) is 4.76. The Hall–Kier alpha value is -1.46. The summed E-state index contributed by atoms with van der Waals surface area (Å²) in [5.74, 6) is -0.665. The van der Waals surface area contributed by atoms with E-state index in [1.54, 1.807) is 0 Å². The molecule has 0 radical (unpaired) electrons. The summed E-state index contributed by atoms with van der Waals surface area (Å²) in [7, 11) is 2.97. The standard InChI is InChI=1S/C11H14FNO3/c1-15-10(16-2)7-13-11(14)8-3-5-9(12)6-4-8/h3-6,10H,7H2,1-2H3,(H,13,14). The van der Waals surface area contributed by atoms with E-state index in [2.05, 4.69) is 5.32 Å². The SMILES string of the molecule is COC(CNC(=O)c1ccc(F)cc1)OC. The fraction of sp³-hybridized carbons (Fsp3) is 0.364. The van der Waals surface area contributed by atoms with E-state index >= 15 is 0 Å². The van der Waals surface area contributed by atoms with Gasteiger partial charge in [0.05, 0.1) is 6.54 Å². The van der Waals surface area contributed by atoms with Crippen molar-refractivity contribution in [2.75, 3.05) is 20.8 Å². The van der Waals surface area contributed by atoms with Crippen molar-refractivity contribution < 1.29 is 18.7 Å². The van der Waals surface area contributed by atoms with E-state index in [-0.39, 0.29) is 18.3 Å². The molecule has 0 saturated carbocycles. The average Bonchev–Trinajstić information content (AvgIpc) is 2.31. The lowest BCUT2D eigenvalue weighted by atomic mass is 10.2. The minimum Gasteiger partial charge on any atom is -0.354 e. The number of halogens is 1. The molecule has 0 aliphatic carbocycles. The molecule has 1 N–H and O–H groups in total. The lowest BCUT2D eigenvalue weighted by molar-refractivity contribution is -0.0974. The monoisotopic (exact) mass is 227 g/mol. The fourth-order valence-electron chi connectivity index (χ4n) is 1.14. The summed E-state index contributed by atoms with van der Waals surface area (Å²) in [6.45, 7) is 0.239. The second kappa shape index (κ2) is 6.19. The summed E-state index contributed by atoms with van der Waals surface area (Å²) in [4.78, 5) is 11.5. The summed E-state index contributed by atoms with van der Waals surface area (Å²) < 4.78 is 22.4. The topological polar surface area (TPSA) is 47.6 Å². The number of carbonyl (C=O) groups is 1. The number of benzene rings is 1. The normalized spacial score (nSPS) is 10.5. The van der Waals surface area contributed by atoms with E-state index in [4.69, 9.17) is 9.47 Å². The molecule has 1 aromatic rings. The van der Waals surface area contributed by atoms with Gasteiger partial charge < -0.3 is 14.8 Å². The molecule has 88 valence electrons. The van der Waals surface area contributed by atoms with Crippen LogP contribution in [0.1, 0.15) is 10.4 Å². The third-order valence-electron chi connectivity index (χ3n) is 2.06. The Bertz CT molecular complexity index is 336. The zero-order chi connectivity index (χ0) is 12.0. The molecule has 0 aliphatic heterocycles. The zero-order valence-corrected chi connectivity index (χ0v) is 9.20. The smallest absolute Gasteiger partial charge is 0.251 e. The van der Waals surface area contributed by atoms with E-state index in [1.165, 1.54) is 38.5 Å². The van der Waals surface area contributed by atoms with Crippen LogP contribution < -0.4 is 5.32 Å². The van der Waals surface area contributed by atoms with Gasteiger partial charge in [0.15, 0.2) is 6.29 Å². The molecule has 4 nitrogen and oxygen atoms in total. The summed E-state index contributed by atoms with van der Waals surface area (Å²) in [5, 5.41) is 2.61. The molecular formula is C11H14FNO3. The van der Waals surface area contributed by atoms with E-state index in [1.807, 2.05) is 0 Å². The van der Waals surface area contributed by atoms with Gasteiger partial charge in [-0.25, -0.2) is 4.39 Å². The molecule has 0 spiro atoms. The molecule has 1 amide bonds. The summed E-state index contributed by atoms with van der Waals surface area (Å²) in [6, 6.07) is 5.30. The van der Waals surface area contributed by atoms with Crippen LogP contribution in [-0.4, -0.2) is 33.0 Å². The second-order valence-electron chi connectivity index (χ2n) is 3.12. The van der Waals surface area contributed by atoms with Gasteiger partial charge in [0.1, 0.15) is 5.82 Å². The van der Waals surface area contributed by atoms with Gasteiger partial charge >= 0.3 is 0 Å². The number of amides is 1. The van der Waals surface area contributed by atoms with Crippen molar-refractivity contribution in [2.45, 2.75) is 6.29 Å². The van der Waals surface area contributed by atoms with Crippen molar-refractivity contribution in [1.82, 2.24) is 5.32 Å². The minimum absolute atomic E-state index is 0.239. The highest BCUT2D eigenvalue weighted by atomic mass is 19.1. The lowest BCUT2D eigenvalue weighted by Crippen LogP contribution is -2.34. The quantitative estimate of drug-likeness (QED) is 0.768. The Labute approximate surface area is 93.4 Å². The molecule has 0 fully saturated rings. The van der Waals surface area contributed by atoms with E-state index in [9.17, 15) is 9.18 Å². The number of hydrogen-bond donors (Lipinski definition) is 1. The van der Waals surface area contributed by atoms with Gasteiger partial charge in [-0.15, -0.1) is 0 Å². The van der Waals surface area contributed by atoms with Crippen molar-refractivity contribution in [2.24, 2.45) is 0 Å². The minimum atomic E-state index is -0.482. The van der Waals surface area contributed by atoms with Crippen LogP contribution in [0.3, 0.4) is 0 Å². The van der Waals surface area contributed by atoms with Gasteiger partial charge in [-0.1, -0.05) is 0 Å². The molecular weight excluding hydrogens is 213 g/mol. The molecule has 1 aromatic carbocycles. The summed E-state index contributed by atoms with van der Waals surface area (Å²) in [6.07, 6.45) is -0.482. The number of rotatable bonds is 5. The van der Waals surface area contributed by atoms with E-state index < -0.39 is 6.29 Å². The third kappa shape index (κ3) is 3.60. The molecule has 0 bridgehead atoms. The first kappa shape index (κ1) is 12.6. The lowest BCUT2D eigenvalue weighted by Gasteiger charge is -2.13. The van der Waals surface area contributed by atoms with Gasteiger partial charge in [-0.05, 0) is 24.3 Å². The molecule has 0 heterocycles. The number of carbonyl (C=O) groups excluding carboxylic acids is 1. The van der Waals surface area contributed by atoms with Gasteiger partial charge in [0.25, 0.3) is 5.91 Å². The largest absolute Gasteiger partial charge is 0.354 e. The first-order chi connectivity index (χ1) is 7.67. The van der Waals surface area contributed by atoms with Crippen LogP contribution in [-0.2, 0) is 9.47 Å². The molecule has 1 rings (SSSR count). The van der Waals surface area contributed by atoms with Crippen LogP contribution >= 0.6 is 0 Å². The van der Waals surface area contributed by atoms with E-state index in [0.717, 1.165) is 0 Å². The molecule has 5 heteroatoms. The van der Waals surface area contributed by atoms with Crippen LogP contribution in [0, 0.1) is 5.82 Å². The van der Waals surface area contributed by atoms with Crippen molar-refractivity contribution in [1.29, 1.82) is 0 Å². The van der Waals surface area contributed by atoms with Crippen molar-refractivity contribution >= 4 is 5.91 Å². The predicted molar refractivity (Wildman–Crippen MR) is 56.5 cm³/mol. The van der Waals surface area contributed by atoms with Crippen molar-refractivity contribution in [3.63, 3.8) is 0 Å². The Balaban J connectivity index is 2.49. The van der Waals surface area contributed by atoms with Crippen LogP contribution in [0.25, 0.3) is 0 Å².